The Morgan fingerprint density at radius 1 is 1.31 bits per heavy atom. The molecule has 0 aliphatic carbocycles. The predicted octanol–water partition coefficient (Wildman–Crippen LogP) is 3.70. The standard InChI is InChI=1S/C19H21Cl2N3O2/c1-11-3-2-7-23-17(18(11)25)13-10-24(8-6-16(13)22)19(26)12-4-5-14(20)15(21)9-12/h4-5,9,11,22-23H,2-3,6-8,10H2,1H3/b17-13-,22-16?. The van der Waals surface area contributed by atoms with Crippen LogP contribution in [0.5, 0.6) is 0 Å². The van der Waals surface area contributed by atoms with Crippen molar-refractivity contribution < 1.29 is 9.59 Å². The lowest BCUT2D eigenvalue weighted by molar-refractivity contribution is -0.119. The van der Waals surface area contributed by atoms with Crippen LogP contribution < -0.4 is 5.32 Å². The molecule has 2 heterocycles. The monoisotopic (exact) mass is 393 g/mol. The van der Waals surface area contributed by atoms with Crippen molar-refractivity contribution in [1.82, 2.24) is 10.2 Å². The fourth-order valence-corrected chi connectivity index (χ4v) is 3.62. The third-order valence-corrected chi connectivity index (χ3v) is 5.65. The van der Waals surface area contributed by atoms with Gasteiger partial charge in [-0.05, 0) is 31.0 Å². The van der Waals surface area contributed by atoms with E-state index in [4.69, 9.17) is 28.6 Å². The number of carbonyl (C=O) groups is 2. The number of likely N-dealkylation sites (tertiary alicyclic amines) is 1. The average Bonchev–Trinajstić information content (AvgIpc) is 2.79. The van der Waals surface area contributed by atoms with E-state index in [0.29, 0.717) is 52.1 Å². The molecule has 0 saturated carbocycles. The topological polar surface area (TPSA) is 73.3 Å². The van der Waals surface area contributed by atoms with Crippen molar-refractivity contribution in [2.24, 2.45) is 5.92 Å². The van der Waals surface area contributed by atoms with Crippen molar-refractivity contribution >= 4 is 40.6 Å². The van der Waals surface area contributed by atoms with E-state index >= 15 is 0 Å². The zero-order valence-electron chi connectivity index (χ0n) is 14.6. The molecule has 2 saturated heterocycles. The summed E-state index contributed by atoms with van der Waals surface area (Å²) in [7, 11) is 0. The number of hydrogen-bond donors (Lipinski definition) is 2. The van der Waals surface area contributed by atoms with Crippen LogP contribution >= 0.6 is 23.2 Å². The lowest BCUT2D eigenvalue weighted by Gasteiger charge is -2.31. The van der Waals surface area contributed by atoms with Crippen molar-refractivity contribution in [3.8, 4) is 0 Å². The number of halogens is 2. The summed E-state index contributed by atoms with van der Waals surface area (Å²) in [5.74, 6) is -0.212. The Hall–Kier alpha value is -1.85. The summed E-state index contributed by atoms with van der Waals surface area (Å²) in [6.45, 7) is 3.32. The van der Waals surface area contributed by atoms with Gasteiger partial charge in [-0.15, -0.1) is 0 Å². The summed E-state index contributed by atoms with van der Waals surface area (Å²) < 4.78 is 0. The molecule has 0 aromatic heterocycles. The first-order valence-electron chi connectivity index (χ1n) is 8.72. The van der Waals surface area contributed by atoms with Crippen LogP contribution in [0.4, 0.5) is 0 Å². The average molecular weight is 394 g/mol. The lowest BCUT2D eigenvalue weighted by atomic mass is 9.93. The molecule has 2 fully saturated rings. The maximum atomic E-state index is 12.8. The molecule has 2 aliphatic heterocycles. The molecule has 2 N–H and O–H groups in total. The number of ketones is 1. The SMILES string of the molecule is CC1CCCN/C(=C2/CN(C(=O)c3ccc(Cl)c(Cl)c3)CCC2=N)C1=O. The smallest absolute Gasteiger partial charge is 0.254 e. The van der Waals surface area contributed by atoms with E-state index in [1.165, 1.54) is 0 Å². The van der Waals surface area contributed by atoms with Gasteiger partial charge in [0.15, 0.2) is 5.78 Å². The minimum atomic E-state index is -0.178. The molecule has 26 heavy (non-hydrogen) atoms. The molecule has 0 radical (unpaired) electrons. The van der Waals surface area contributed by atoms with Gasteiger partial charge in [0.2, 0.25) is 0 Å². The van der Waals surface area contributed by atoms with Crippen molar-refractivity contribution in [1.29, 1.82) is 5.41 Å². The minimum Gasteiger partial charge on any atom is -0.382 e. The Kier molecular flexibility index (Phi) is 5.68. The molecule has 0 spiro atoms. The fourth-order valence-electron chi connectivity index (χ4n) is 3.32. The van der Waals surface area contributed by atoms with Crippen molar-refractivity contribution in [3.05, 3.63) is 45.1 Å². The van der Waals surface area contributed by atoms with Crippen molar-refractivity contribution in [2.75, 3.05) is 19.6 Å². The highest BCUT2D eigenvalue weighted by atomic mass is 35.5. The molecule has 0 bridgehead atoms. The summed E-state index contributed by atoms with van der Waals surface area (Å²) in [4.78, 5) is 27.2. The van der Waals surface area contributed by atoms with E-state index in [-0.39, 0.29) is 24.2 Å². The number of rotatable bonds is 1. The summed E-state index contributed by atoms with van der Waals surface area (Å²) in [6.07, 6.45) is 2.18. The Morgan fingerprint density at radius 3 is 2.81 bits per heavy atom. The fraction of sp³-hybridized carbons (Fsp3) is 0.421. The third-order valence-electron chi connectivity index (χ3n) is 4.91. The van der Waals surface area contributed by atoms with Gasteiger partial charge in [-0.25, -0.2) is 0 Å². The van der Waals surface area contributed by atoms with Gasteiger partial charge < -0.3 is 15.6 Å². The first-order valence-corrected chi connectivity index (χ1v) is 9.47. The molecule has 1 aromatic carbocycles. The normalized spacial score (nSPS) is 24.3. The van der Waals surface area contributed by atoms with Gasteiger partial charge >= 0.3 is 0 Å². The minimum absolute atomic E-state index is 0.0334. The Labute approximate surface area is 162 Å². The molecule has 1 unspecified atom stereocenters. The highest BCUT2D eigenvalue weighted by Gasteiger charge is 2.30. The summed E-state index contributed by atoms with van der Waals surface area (Å²) in [5.41, 5.74) is 2.01. The second-order valence-corrected chi connectivity index (χ2v) is 7.59. The second-order valence-electron chi connectivity index (χ2n) is 6.77. The van der Waals surface area contributed by atoms with Crippen LogP contribution in [0.1, 0.15) is 36.5 Å². The molecule has 2 aliphatic rings. The quantitative estimate of drug-likeness (QED) is 0.714. The number of Topliss-reactive ketones (excluding diaryl/α,β-unsaturated/α-hetero) is 1. The van der Waals surface area contributed by atoms with E-state index in [2.05, 4.69) is 5.32 Å². The number of amides is 1. The Bertz CT molecular complexity index is 804. The Balaban J connectivity index is 1.88. The predicted molar refractivity (Wildman–Crippen MR) is 103 cm³/mol. The van der Waals surface area contributed by atoms with Crippen LogP contribution in [-0.4, -0.2) is 41.9 Å². The van der Waals surface area contributed by atoms with E-state index in [1.807, 2.05) is 6.92 Å². The van der Waals surface area contributed by atoms with Crippen LogP contribution in [0.25, 0.3) is 0 Å². The van der Waals surface area contributed by atoms with Crippen molar-refractivity contribution in [2.45, 2.75) is 26.2 Å². The largest absolute Gasteiger partial charge is 0.382 e. The van der Waals surface area contributed by atoms with Crippen LogP contribution in [0.2, 0.25) is 10.0 Å². The summed E-state index contributed by atoms with van der Waals surface area (Å²) in [6, 6.07) is 4.79. The van der Waals surface area contributed by atoms with Crippen molar-refractivity contribution in [3.63, 3.8) is 0 Å². The summed E-state index contributed by atoms with van der Waals surface area (Å²) in [5, 5.41) is 12.2. The zero-order chi connectivity index (χ0) is 18.8. The summed E-state index contributed by atoms with van der Waals surface area (Å²) >= 11 is 11.9. The maximum absolute atomic E-state index is 12.8. The first-order chi connectivity index (χ1) is 12.4. The first kappa shape index (κ1) is 18.9. The number of carbonyl (C=O) groups excluding carboxylic acids is 2. The molecule has 1 atom stereocenters. The number of nitrogens with zero attached hydrogens (tertiary/aromatic N) is 1. The van der Waals surface area contributed by atoms with Gasteiger partial charge in [-0.3, -0.25) is 9.59 Å². The highest BCUT2D eigenvalue weighted by molar-refractivity contribution is 6.42. The van der Waals surface area contributed by atoms with Crippen LogP contribution in [0.3, 0.4) is 0 Å². The van der Waals surface area contributed by atoms with Crippen LogP contribution in [-0.2, 0) is 4.79 Å². The van der Waals surface area contributed by atoms with E-state index in [1.54, 1.807) is 23.1 Å². The third kappa shape index (κ3) is 3.79. The number of benzene rings is 1. The van der Waals surface area contributed by atoms with Gasteiger partial charge in [-0.2, -0.15) is 0 Å². The van der Waals surface area contributed by atoms with Crippen LogP contribution in [0, 0.1) is 11.3 Å². The number of allylic oxidation sites excluding steroid dienone is 1. The van der Waals surface area contributed by atoms with E-state index in [0.717, 1.165) is 12.8 Å². The number of nitrogens with one attached hydrogen (secondary N) is 2. The second kappa shape index (κ2) is 7.80. The molecule has 138 valence electrons. The van der Waals surface area contributed by atoms with Gasteiger partial charge in [-0.1, -0.05) is 30.1 Å². The van der Waals surface area contributed by atoms with Gasteiger partial charge in [0.1, 0.15) is 0 Å². The molecular weight excluding hydrogens is 373 g/mol. The van der Waals surface area contributed by atoms with Gasteiger partial charge in [0.05, 0.1) is 15.7 Å². The highest BCUT2D eigenvalue weighted by Crippen LogP contribution is 2.26. The zero-order valence-corrected chi connectivity index (χ0v) is 16.1. The molecule has 7 heteroatoms. The molecular formula is C19H21Cl2N3O2. The molecule has 3 rings (SSSR count). The van der Waals surface area contributed by atoms with E-state index in [9.17, 15) is 9.59 Å². The van der Waals surface area contributed by atoms with E-state index < -0.39 is 0 Å². The Morgan fingerprint density at radius 2 is 2.08 bits per heavy atom. The molecule has 1 amide bonds. The lowest BCUT2D eigenvalue weighted by Crippen LogP contribution is -2.42. The van der Waals surface area contributed by atoms with Gasteiger partial charge in [0.25, 0.3) is 5.91 Å². The molecule has 1 aromatic rings. The van der Waals surface area contributed by atoms with Gasteiger partial charge in [0, 0.05) is 48.8 Å². The number of hydrogen-bond acceptors (Lipinski definition) is 4. The molecule has 5 nitrogen and oxygen atoms in total. The maximum Gasteiger partial charge on any atom is 0.254 e. The number of piperidine rings is 1. The van der Waals surface area contributed by atoms with Crippen LogP contribution in [0.15, 0.2) is 29.5 Å².